The van der Waals surface area contributed by atoms with Crippen LogP contribution in [0.1, 0.15) is 25.6 Å². The Morgan fingerprint density at radius 2 is 2.00 bits per heavy atom. The molecule has 1 unspecified atom stereocenters. The van der Waals surface area contributed by atoms with Gasteiger partial charge < -0.3 is 9.84 Å². The van der Waals surface area contributed by atoms with Gasteiger partial charge in [0.2, 0.25) is 5.89 Å². The molecular formula is C9H14F3N3O. The van der Waals surface area contributed by atoms with E-state index >= 15 is 0 Å². The van der Waals surface area contributed by atoms with Crippen LogP contribution in [0.2, 0.25) is 0 Å². The van der Waals surface area contributed by atoms with E-state index in [1.807, 2.05) is 13.8 Å². The normalized spacial score (nSPS) is 14.4. The topological polar surface area (TPSA) is 51.0 Å². The molecule has 0 fully saturated rings. The summed E-state index contributed by atoms with van der Waals surface area (Å²) in [6.45, 7) is 3.92. The molecule has 1 rings (SSSR count). The number of aromatic nitrogens is 2. The zero-order chi connectivity index (χ0) is 12.3. The molecule has 1 heterocycles. The summed E-state index contributed by atoms with van der Waals surface area (Å²) in [6.07, 6.45) is -4.26. The van der Waals surface area contributed by atoms with Crippen LogP contribution in [-0.2, 0) is 12.6 Å². The van der Waals surface area contributed by atoms with Crippen LogP contribution in [0.5, 0.6) is 0 Å². The molecule has 0 saturated carbocycles. The van der Waals surface area contributed by atoms with Gasteiger partial charge in [-0.2, -0.15) is 18.2 Å². The molecule has 4 nitrogen and oxygen atoms in total. The summed E-state index contributed by atoms with van der Waals surface area (Å²) in [5.74, 6) is -0.951. The van der Waals surface area contributed by atoms with E-state index in [4.69, 9.17) is 0 Å². The third kappa shape index (κ3) is 3.19. The molecule has 1 N–H and O–H groups in total. The van der Waals surface area contributed by atoms with Crippen LogP contribution in [0.25, 0.3) is 0 Å². The Balaban J connectivity index is 2.72. The van der Waals surface area contributed by atoms with Gasteiger partial charge in [-0.1, -0.05) is 19.0 Å². The van der Waals surface area contributed by atoms with Gasteiger partial charge in [0.15, 0.2) is 0 Å². The van der Waals surface area contributed by atoms with Gasteiger partial charge >= 0.3 is 6.18 Å². The van der Waals surface area contributed by atoms with Crippen molar-refractivity contribution in [2.75, 3.05) is 7.05 Å². The fourth-order valence-electron chi connectivity index (χ4n) is 1.31. The first-order valence-corrected chi connectivity index (χ1v) is 4.91. The van der Waals surface area contributed by atoms with Crippen LogP contribution in [0.4, 0.5) is 13.2 Å². The molecule has 0 spiro atoms. The molecule has 0 aromatic carbocycles. The first-order valence-electron chi connectivity index (χ1n) is 4.91. The highest BCUT2D eigenvalue weighted by molar-refractivity contribution is 4.93. The van der Waals surface area contributed by atoms with Gasteiger partial charge in [-0.25, -0.2) is 0 Å². The molecule has 0 aliphatic carbocycles. The molecule has 1 aromatic rings. The molecule has 0 radical (unpaired) electrons. The third-order valence-corrected chi connectivity index (χ3v) is 2.29. The number of hydrogen-bond acceptors (Lipinski definition) is 4. The first kappa shape index (κ1) is 13.0. The van der Waals surface area contributed by atoms with E-state index in [9.17, 15) is 13.2 Å². The van der Waals surface area contributed by atoms with Crippen molar-refractivity contribution in [3.8, 4) is 0 Å². The molecule has 0 bridgehead atoms. The average Bonchev–Trinajstić information content (AvgIpc) is 2.61. The Kier molecular flexibility index (Phi) is 3.90. The standard InChI is InChI=1S/C9H14F3N3O/c1-5(2)6(13-3)4-7-14-8(15-16-7)9(10,11)12/h5-6,13H,4H2,1-3H3. The molecule has 0 amide bonds. The van der Waals surface area contributed by atoms with E-state index < -0.39 is 12.0 Å². The Morgan fingerprint density at radius 1 is 1.38 bits per heavy atom. The van der Waals surface area contributed by atoms with Crippen LogP contribution in [0.15, 0.2) is 4.52 Å². The van der Waals surface area contributed by atoms with Crippen molar-refractivity contribution in [3.63, 3.8) is 0 Å². The minimum atomic E-state index is -4.55. The SMILES string of the molecule is CNC(Cc1nc(C(F)(F)F)no1)C(C)C. The monoisotopic (exact) mass is 237 g/mol. The first-order chi connectivity index (χ1) is 7.34. The Labute approximate surface area is 91.2 Å². The number of nitrogens with zero attached hydrogens (tertiary/aromatic N) is 2. The second kappa shape index (κ2) is 4.82. The quantitative estimate of drug-likeness (QED) is 0.868. The van der Waals surface area contributed by atoms with Gasteiger partial charge in [0, 0.05) is 12.5 Å². The molecular weight excluding hydrogens is 223 g/mol. The van der Waals surface area contributed by atoms with Crippen LogP contribution >= 0.6 is 0 Å². The van der Waals surface area contributed by atoms with E-state index in [0.717, 1.165) is 0 Å². The van der Waals surface area contributed by atoms with Crippen LogP contribution < -0.4 is 5.32 Å². The largest absolute Gasteiger partial charge is 0.455 e. The molecule has 0 aliphatic rings. The third-order valence-electron chi connectivity index (χ3n) is 2.29. The Morgan fingerprint density at radius 3 is 2.38 bits per heavy atom. The number of alkyl halides is 3. The molecule has 92 valence electrons. The lowest BCUT2D eigenvalue weighted by Crippen LogP contribution is -2.32. The summed E-state index contributed by atoms with van der Waals surface area (Å²) in [7, 11) is 1.74. The van der Waals surface area contributed by atoms with Crippen LogP contribution in [0.3, 0.4) is 0 Å². The van der Waals surface area contributed by atoms with E-state index in [2.05, 4.69) is 20.0 Å². The lowest BCUT2D eigenvalue weighted by Gasteiger charge is -2.17. The summed E-state index contributed by atoms with van der Waals surface area (Å²) in [5.41, 5.74) is 0. The van der Waals surface area contributed by atoms with Gasteiger partial charge in [0.05, 0.1) is 0 Å². The number of halogens is 3. The minimum Gasteiger partial charge on any atom is -0.339 e. The fraction of sp³-hybridized carbons (Fsp3) is 0.778. The Hall–Kier alpha value is -1.11. The zero-order valence-electron chi connectivity index (χ0n) is 9.30. The molecule has 0 aliphatic heterocycles. The summed E-state index contributed by atoms with van der Waals surface area (Å²) < 4.78 is 41.1. The predicted octanol–water partition coefficient (Wildman–Crippen LogP) is 1.87. The zero-order valence-corrected chi connectivity index (χ0v) is 9.30. The van der Waals surface area contributed by atoms with Crippen molar-refractivity contribution in [1.29, 1.82) is 0 Å². The predicted molar refractivity (Wildman–Crippen MR) is 50.7 cm³/mol. The smallest absolute Gasteiger partial charge is 0.339 e. The highest BCUT2D eigenvalue weighted by Gasteiger charge is 2.37. The molecule has 0 saturated heterocycles. The van der Waals surface area contributed by atoms with E-state index in [1.165, 1.54) is 0 Å². The highest BCUT2D eigenvalue weighted by atomic mass is 19.4. The number of nitrogens with one attached hydrogen (secondary N) is 1. The maximum absolute atomic E-state index is 12.2. The van der Waals surface area contributed by atoms with Crippen molar-refractivity contribution in [1.82, 2.24) is 15.5 Å². The van der Waals surface area contributed by atoms with Gasteiger partial charge in [-0.15, -0.1) is 0 Å². The molecule has 1 aromatic heterocycles. The van der Waals surface area contributed by atoms with Gasteiger partial charge in [-0.05, 0) is 13.0 Å². The highest BCUT2D eigenvalue weighted by Crippen LogP contribution is 2.26. The van der Waals surface area contributed by atoms with Crippen molar-refractivity contribution >= 4 is 0 Å². The van der Waals surface area contributed by atoms with Crippen molar-refractivity contribution in [3.05, 3.63) is 11.7 Å². The van der Waals surface area contributed by atoms with Gasteiger partial charge in [0.25, 0.3) is 5.82 Å². The summed E-state index contributed by atoms with van der Waals surface area (Å²) in [5, 5.41) is 5.88. The number of hydrogen-bond donors (Lipinski definition) is 1. The number of likely N-dealkylation sites (N-methyl/N-ethyl adjacent to an activating group) is 1. The van der Waals surface area contributed by atoms with E-state index in [0.29, 0.717) is 0 Å². The Bertz CT molecular complexity index is 335. The van der Waals surface area contributed by atoms with Crippen molar-refractivity contribution < 1.29 is 17.7 Å². The second-order valence-corrected chi connectivity index (χ2v) is 3.85. The maximum Gasteiger partial charge on any atom is 0.455 e. The lowest BCUT2D eigenvalue weighted by atomic mass is 10.0. The van der Waals surface area contributed by atoms with E-state index in [-0.39, 0.29) is 24.3 Å². The van der Waals surface area contributed by atoms with Crippen molar-refractivity contribution in [2.24, 2.45) is 5.92 Å². The molecule has 7 heteroatoms. The van der Waals surface area contributed by atoms with Crippen LogP contribution in [-0.4, -0.2) is 23.2 Å². The average molecular weight is 237 g/mol. The van der Waals surface area contributed by atoms with Gasteiger partial charge in [-0.3, -0.25) is 0 Å². The lowest BCUT2D eigenvalue weighted by molar-refractivity contribution is -0.146. The molecule has 16 heavy (non-hydrogen) atoms. The van der Waals surface area contributed by atoms with Gasteiger partial charge in [0.1, 0.15) is 0 Å². The fourth-order valence-corrected chi connectivity index (χ4v) is 1.31. The summed E-state index contributed by atoms with van der Waals surface area (Å²) in [6, 6.07) is 0.0153. The maximum atomic E-state index is 12.2. The second-order valence-electron chi connectivity index (χ2n) is 3.85. The molecule has 1 atom stereocenters. The van der Waals surface area contributed by atoms with E-state index in [1.54, 1.807) is 7.05 Å². The summed E-state index contributed by atoms with van der Waals surface area (Å²) >= 11 is 0. The summed E-state index contributed by atoms with van der Waals surface area (Å²) in [4.78, 5) is 3.31. The minimum absolute atomic E-state index is 0.000347. The number of rotatable bonds is 4. The van der Waals surface area contributed by atoms with Crippen LogP contribution in [0, 0.1) is 5.92 Å². The van der Waals surface area contributed by atoms with Crippen molar-refractivity contribution in [2.45, 2.75) is 32.5 Å².